The molecule has 0 radical (unpaired) electrons. The van der Waals surface area contributed by atoms with Gasteiger partial charge in [0, 0.05) is 29.4 Å². The molecule has 0 saturated heterocycles. The zero-order valence-electron chi connectivity index (χ0n) is 18.8. The third-order valence-corrected chi connectivity index (χ3v) is 5.62. The number of carbonyl (C=O) groups is 2. The Balaban J connectivity index is 1.23. The Hall–Kier alpha value is -3.80. The van der Waals surface area contributed by atoms with Gasteiger partial charge in [-0.2, -0.15) is 0 Å². The topological polar surface area (TPSA) is 79.5 Å². The van der Waals surface area contributed by atoms with Crippen molar-refractivity contribution in [1.82, 2.24) is 0 Å². The van der Waals surface area contributed by atoms with Crippen LogP contribution in [0, 0.1) is 12.8 Å². The molecule has 0 heterocycles. The van der Waals surface area contributed by atoms with E-state index in [-0.39, 0.29) is 24.3 Å². The van der Waals surface area contributed by atoms with E-state index in [1.807, 2.05) is 67.6 Å². The molecule has 0 unspecified atom stereocenters. The van der Waals surface area contributed by atoms with Crippen molar-refractivity contribution < 1.29 is 14.3 Å². The van der Waals surface area contributed by atoms with Crippen LogP contribution in [0.2, 0.25) is 0 Å². The summed E-state index contributed by atoms with van der Waals surface area (Å²) in [6.45, 7) is 2.65. The van der Waals surface area contributed by atoms with E-state index < -0.39 is 0 Å². The summed E-state index contributed by atoms with van der Waals surface area (Å²) in [5.41, 5.74) is 4.46. The van der Waals surface area contributed by atoms with Crippen LogP contribution in [-0.4, -0.2) is 25.0 Å². The van der Waals surface area contributed by atoms with E-state index in [4.69, 9.17) is 4.74 Å². The van der Waals surface area contributed by atoms with Gasteiger partial charge in [0.25, 0.3) is 0 Å². The normalized spacial score (nSPS) is 12.6. The highest BCUT2D eigenvalue weighted by atomic mass is 16.5. The van der Waals surface area contributed by atoms with E-state index in [1.165, 1.54) is 5.56 Å². The fourth-order valence-corrected chi connectivity index (χ4v) is 3.49. The molecule has 4 rings (SSSR count). The number of hydrogen-bond acceptors (Lipinski definition) is 4. The summed E-state index contributed by atoms with van der Waals surface area (Å²) in [7, 11) is 0. The SMILES string of the molecule is Cc1c(NCC(=O)Nc2ccc(OCCc3ccccc3)cc2)cccc1NC(=O)C1CC1. The van der Waals surface area contributed by atoms with E-state index in [0.29, 0.717) is 12.3 Å². The van der Waals surface area contributed by atoms with Crippen LogP contribution in [0.1, 0.15) is 24.0 Å². The van der Waals surface area contributed by atoms with Crippen molar-refractivity contribution in [2.24, 2.45) is 5.92 Å². The highest BCUT2D eigenvalue weighted by Crippen LogP contribution is 2.31. The molecule has 3 aromatic rings. The number of nitrogens with one attached hydrogen (secondary N) is 3. The highest BCUT2D eigenvalue weighted by Gasteiger charge is 2.29. The first-order valence-electron chi connectivity index (χ1n) is 11.3. The van der Waals surface area contributed by atoms with Crippen LogP contribution in [0.25, 0.3) is 0 Å². The summed E-state index contributed by atoms with van der Waals surface area (Å²) in [6.07, 6.45) is 2.77. The first kappa shape index (κ1) is 22.4. The summed E-state index contributed by atoms with van der Waals surface area (Å²) in [5, 5.41) is 9.02. The van der Waals surface area contributed by atoms with Crippen molar-refractivity contribution in [1.29, 1.82) is 0 Å². The number of anilines is 3. The van der Waals surface area contributed by atoms with Gasteiger partial charge in [0.15, 0.2) is 0 Å². The predicted octanol–water partition coefficient (Wildman–Crippen LogP) is 5.02. The van der Waals surface area contributed by atoms with Gasteiger partial charge in [0.2, 0.25) is 11.8 Å². The summed E-state index contributed by atoms with van der Waals surface area (Å²) in [6, 6.07) is 23.2. The first-order valence-corrected chi connectivity index (χ1v) is 11.3. The Morgan fingerprint density at radius 1 is 0.879 bits per heavy atom. The van der Waals surface area contributed by atoms with Crippen molar-refractivity contribution in [3.8, 4) is 5.75 Å². The van der Waals surface area contributed by atoms with Gasteiger partial charge in [0.1, 0.15) is 5.75 Å². The third kappa shape index (κ3) is 6.59. The number of amides is 2. The van der Waals surface area contributed by atoms with Crippen LogP contribution in [0.3, 0.4) is 0 Å². The van der Waals surface area contributed by atoms with Crippen molar-refractivity contribution in [2.75, 3.05) is 29.1 Å². The van der Waals surface area contributed by atoms with Crippen LogP contribution >= 0.6 is 0 Å². The van der Waals surface area contributed by atoms with E-state index in [0.717, 1.165) is 42.0 Å². The molecule has 33 heavy (non-hydrogen) atoms. The lowest BCUT2D eigenvalue weighted by Crippen LogP contribution is -2.22. The standard InChI is InChI=1S/C27H29N3O3/c1-19-24(8-5-9-25(19)30-27(32)21-10-11-21)28-18-26(31)29-22-12-14-23(15-13-22)33-17-16-20-6-3-2-4-7-20/h2-9,12-15,21,28H,10-11,16-18H2,1H3,(H,29,31)(H,30,32). The van der Waals surface area contributed by atoms with Gasteiger partial charge in [-0.05, 0) is 67.3 Å². The minimum Gasteiger partial charge on any atom is -0.493 e. The summed E-state index contributed by atoms with van der Waals surface area (Å²) in [4.78, 5) is 24.4. The van der Waals surface area contributed by atoms with E-state index in [1.54, 1.807) is 0 Å². The lowest BCUT2D eigenvalue weighted by atomic mass is 10.1. The van der Waals surface area contributed by atoms with E-state index >= 15 is 0 Å². The fourth-order valence-electron chi connectivity index (χ4n) is 3.49. The molecule has 3 N–H and O–H groups in total. The molecule has 6 heteroatoms. The molecular formula is C27H29N3O3. The quantitative estimate of drug-likeness (QED) is 0.411. The number of carbonyl (C=O) groups excluding carboxylic acids is 2. The van der Waals surface area contributed by atoms with Gasteiger partial charge < -0.3 is 20.7 Å². The molecule has 6 nitrogen and oxygen atoms in total. The molecule has 170 valence electrons. The van der Waals surface area contributed by atoms with Crippen LogP contribution in [0.4, 0.5) is 17.1 Å². The monoisotopic (exact) mass is 443 g/mol. The summed E-state index contributed by atoms with van der Waals surface area (Å²) in [5.74, 6) is 0.829. The van der Waals surface area contributed by atoms with Crippen LogP contribution in [0.15, 0.2) is 72.8 Å². The molecular weight excluding hydrogens is 414 g/mol. The molecule has 1 fully saturated rings. The van der Waals surface area contributed by atoms with E-state index in [9.17, 15) is 9.59 Å². The maximum Gasteiger partial charge on any atom is 0.243 e. The Kier molecular flexibility index (Phi) is 7.25. The van der Waals surface area contributed by atoms with Gasteiger partial charge in [0.05, 0.1) is 13.2 Å². The molecule has 0 aliphatic heterocycles. The zero-order valence-corrected chi connectivity index (χ0v) is 18.8. The molecule has 0 atom stereocenters. The predicted molar refractivity (Wildman–Crippen MR) is 132 cm³/mol. The van der Waals surface area contributed by atoms with Crippen molar-refractivity contribution >= 4 is 28.9 Å². The molecule has 1 aliphatic rings. The minimum atomic E-state index is -0.153. The van der Waals surface area contributed by atoms with Gasteiger partial charge in [-0.15, -0.1) is 0 Å². The van der Waals surface area contributed by atoms with Crippen LogP contribution < -0.4 is 20.7 Å². The number of ether oxygens (including phenoxy) is 1. The number of rotatable bonds is 10. The minimum absolute atomic E-state index is 0.0699. The highest BCUT2D eigenvalue weighted by molar-refractivity contribution is 5.96. The van der Waals surface area contributed by atoms with Gasteiger partial charge >= 0.3 is 0 Å². The van der Waals surface area contributed by atoms with Crippen LogP contribution in [0.5, 0.6) is 5.75 Å². The molecule has 3 aromatic carbocycles. The van der Waals surface area contributed by atoms with Crippen LogP contribution in [-0.2, 0) is 16.0 Å². The smallest absolute Gasteiger partial charge is 0.243 e. The summed E-state index contributed by atoms with van der Waals surface area (Å²) < 4.78 is 5.79. The third-order valence-electron chi connectivity index (χ3n) is 5.62. The molecule has 1 saturated carbocycles. The Morgan fingerprint density at radius 2 is 1.61 bits per heavy atom. The second-order valence-corrected chi connectivity index (χ2v) is 8.25. The Labute approximate surface area is 194 Å². The molecule has 2 amide bonds. The first-order chi connectivity index (χ1) is 16.1. The van der Waals surface area contributed by atoms with Crippen molar-refractivity contribution in [3.05, 3.63) is 83.9 Å². The largest absolute Gasteiger partial charge is 0.493 e. The van der Waals surface area contributed by atoms with Crippen molar-refractivity contribution in [3.63, 3.8) is 0 Å². The maximum atomic E-state index is 12.4. The lowest BCUT2D eigenvalue weighted by molar-refractivity contribution is -0.117. The summed E-state index contributed by atoms with van der Waals surface area (Å²) >= 11 is 0. The van der Waals surface area contributed by atoms with Gasteiger partial charge in [-0.25, -0.2) is 0 Å². The van der Waals surface area contributed by atoms with Gasteiger partial charge in [-0.3, -0.25) is 9.59 Å². The lowest BCUT2D eigenvalue weighted by Gasteiger charge is -2.14. The second kappa shape index (κ2) is 10.7. The molecule has 0 aromatic heterocycles. The molecule has 0 bridgehead atoms. The average molecular weight is 444 g/mol. The van der Waals surface area contributed by atoms with Gasteiger partial charge in [-0.1, -0.05) is 36.4 Å². The molecule has 0 spiro atoms. The number of hydrogen-bond donors (Lipinski definition) is 3. The Bertz CT molecular complexity index is 1090. The van der Waals surface area contributed by atoms with E-state index in [2.05, 4.69) is 28.1 Å². The zero-order chi connectivity index (χ0) is 23.0. The number of benzene rings is 3. The fraction of sp³-hybridized carbons (Fsp3) is 0.259. The maximum absolute atomic E-state index is 12.4. The average Bonchev–Trinajstić information content (AvgIpc) is 3.67. The Morgan fingerprint density at radius 3 is 2.33 bits per heavy atom. The van der Waals surface area contributed by atoms with Crippen molar-refractivity contribution in [2.45, 2.75) is 26.2 Å². The molecule has 1 aliphatic carbocycles. The second-order valence-electron chi connectivity index (χ2n) is 8.25.